The molecule has 43 heavy (non-hydrogen) atoms. The molecule has 1 saturated heterocycles. The minimum absolute atomic E-state index is 0.144. The maximum atomic E-state index is 14.0. The summed E-state index contributed by atoms with van der Waals surface area (Å²) in [4.78, 5) is 14.3. The summed E-state index contributed by atoms with van der Waals surface area (Å²) < 4.78 is 109. The minimum Gasteiger partial charge on any atom is -0.493 e. The van der Waals surface area contributed by atoms with Gasteiger partial charge in [-0.2, -0.15) is 26.3 Å². The van der Waals surface area contributed by atoms with Gasteiger partial charge in [0, 0.05) is 25.8 Å². The van der Waals surface area contributed by atoms with E-state index in [1.165, 1.54) is 0 Å². The molecule has 2 aliphatic rings. The number of urea groups is 1. The molecular weight excluding hydrogens is 586 g/mol. The van der Waals surface area contributed by atoms with Crippen LogP contribution in [-0.4, -0.2) is 63.7 Å². The SMILES string of the molecule is CCCc1cc(C(OCOC)(C(F)(F)F)C(F)(F)F)ccc1OCCCCN1CC(C)(c2ccc3c(c2)OCO3)NC1=O. The number of benzene rings is 2. The number of carbonyl (C=O) groups is 1. The second kappa shape index (κ2) is 12.7. The van der Waals surface area contributed by atoms with Gasteiger partial charge in [0.05, 0.1) is 12.1 Å². The van der Waals surface area contributed by atoms with Crippen molar-refractivity contribution in [1.29, 1.82) is 0 Å². The molecule has 0 aromatic heterocycles. The number of amides is 2. The van der Waals surface area contributed by atoms with E-state index >= 15 is 0 Å². The van der Waals surface area contributed by atoms with Crippen molar-refractivity contribution in [3.8, 4) is 17.2 Å². The lowest BCUT2D eigenvalue weighted by Gasteiger charge is -2.37. The quantitative estimate of drug-likeness (QED) is 0.159. The number of unbranched alkanes of at least 4 members (excludes halogenated alkanes) is 1. The molecule has 0 aliphatic carbocycles. The number of aryl methyl sites for hydroxylation is 1. The standard InChI is InChI=1S/C29H34F6N2O6/c1-4-7-19-14-21(27(28(30,31)32,29(33,34)35)43-17-39-3)9-10-22(19)40-13-6-5-12-37-16-26(2,36-25(37)38)20-8-11-23-24(15-20)42-18-41-23/h8-11,14-15H,4-7,12-13,16-18H2,1-3H3,(H,36,38). The van der Waals surface area contributed by atoms with Crippen molar-refractivity contribution < 1.29 is 54.8 Å². The largest absolute Gasteiger partial charge is 0.493 e. The van der Waals surface area contributed by atoms with Crippen LogP contribution in [-0.2, 0) is 27.0 Å². The van der Waals surface area contributed by atoms with E-state index in [9.17, 15) is 31.1 Å². The van der Waals surface area contributed by atoms with Gasteiger partial charge in [-0.25, -0.2) is 4.79 Å². The van der Waals surface area contributed by atoms with Gasteiger partial charge in [-0.15, -0.1) is 0 Å². The van der Waals surface area contributed by atoms with Gasteiger partial charge >= 0.3 is 18.4 Å². The molecule has 1 unspecified atom stereocenters. The van der Waals surface area contributed by atoms with Crippen molar-refractivity contribution in [2.75, 3.05) is 40.4 Å². The number of alkyl halides is 6. The summed E-state index contributed by atoms with van der Waals surface area (Å²) in [5.41, 5.74) is -5.25. The zero-order valence-electron chi connectivity index (χ0n) is 24.0. The second-order valence-corrected chi connectivity index (χ2v) is 10.6. The highest BCUT2D eigenvalue weighted by Gasteiger charge is 2.73. The number of nitrogens with zero attached hydrogens (tertiary/aromatic N) is 1. The molecule has 2 aliphatic heterocycles. The van der Waals surface area contributed by atoms with Gasteiger partial charge < -0.3 is 33.9 Å². The maximum Gasteiger partial charge on any atom is 0.430 e. The summed E-state index contributed by atoms with van der Waals surface area (Å²) in [5, 5.41) is 3.01. The molecular formula is C29H34F6N2O6. The molecule has 0 radical (unpaired) electrons. The molecule has 4 rings (SSSR count). The average Bonchev–Trinajstić information content (AvgIpc) is 3.52. The fourth-order valence-electron chi connectivity index (χ4n) is 5.27. The molecule has 14 heteroatoms. The van der Waals surface area contributed by atoms with Crippen LogP contribution < -0.4 is 19.5 Å². The first kappa shape index (κ1) is 32.5. The smallest absolute Gasteiger partial charge is 0.430 e. The Morgan fingerprint density at radius 1 is 1.00 bits per heavy atom. The third-order valence-electron chi connectivity index (χ3n) is 7.44. The maximum absolute atomic E-state index is 14.0. The molecule has 238 valence electrons. The highest BCUT2D eigenvalue weighted by molar-refractivity contribution is 5.78. The molecule has 2 aromatic carbocycles. The highest BCUT2D eigenvalue weighted by Crippen LogP contribution is 2.53. The highest BCUT2D eigenvalue weighted by atomic mass is 19.4. The number of rotatable bonds is 13. The normalized spacial score (nSPS) is 18.7. The lowest BCUT2D eigenvalue weighted by atomic mass is 9.89. The number of hydrogen-bond acceptors (Lipinski definition) is 6. The summed E-state index contributed by atoms with van der Waals surface area (Å²) in [6.07, 6.45) is -9.93. The fraction of sp³-hybridized carbons (Fsp3) is 0.552. The van der Waals surface area contributed by atoms with Crippen LogP contribution in [0.1, 0.15) is 49.8 Å². The summed E-state index contributed by atoms with van der Waals surface area (Å²) in [7, 11) is 0.936. The first-order chi connectivity index (χ1) is 20.3. The first-order valence-corrected chi connectivity index (χ1v) is 13.8. The molecule has 2 amide bonds. The van der Waals surface area contributed by atoms with Crippen LogP contribution in [0.4, 0.5) is 31.1 Å². The van der Waals surface area contributed by atoms with Crippen LogP contribution in [0, 0.1) is 0 Å². The zero-order valence-corrected chi connectivity index (χ0v) is 24.0. The number of carbonyl (C=O) groups excluding carboxylic acids is 1. The molecule has 0 spiro atoms. The summed E-state index contributed by atoms with van der Waals surface area (Å²) in [6.45, 7) is 3.57. The van der Waals surface area contributed by atoms with Crippen molar-refractivity contribution >= 4 is 6.03 Å². The molecule has 8 nitrogen and oxygen atoms in total. The van der Waals surface area contributed by atoms with E-state index in [1.54, 1.807) is 17.9 Å². The van der Waals surface area contributed by atoms with E-state index in [0.29, 0.717) is 43.9 Å². The zero-order chi connectivity index (χ0) is 31.5. The molecule has 1 fully saturated rings. The monoisotopic (exact) mass is 620 g/mol. The molecule has 2 heterocycles. The van der Waals surface area contributed by atoms with Crippen LogP contribution in [0.5, 0.6) is 17.2 Å². The van der Waals surface area contributed by atoms with E-state index in [2.05, 4.69) is 14.8 Å². The first-order valence-electron chi connectivity index (χ1n) is 13.8. The molecule has 2 aromatic rings. The van der Waals surface area contributed by atoms with E-state index < -0.39 is 35.8 Å². The number of fused-ring (bicyclic) bond motifs is 1. The van der Waals surface area contributed by atoms with Gasteiger partial charge in [-0.05, 0) is 61.6 Å². The van der Waals surface area contributed by atoms with E-state index in [0.717, 1.165) is 30.9 Å². The Balaban J connectivity index is 1.38. The van der Waals surface area contributed by atoms with Gasteiger partial charge in [-0.1, -0.05) is 25.5 Å². The Morgan fingerprint density at radius 2 is 1.72 bits per heavy atom. The summed E-state index contributed by atoms with van der Waals surface area (Å²) in [6, 6.07) is 7.95. The number of methoxy groups -OCH3 is 1. The predicted octanol–water partition coefficient (Wildman–Crippen LogP) is 6.41. The Bertz CT molecular complexity index is 1270. The fourth-order valence-corrected chi connectivity index (χ4v) is 5.27. The molecule has 0 bridgehead atoms. The van der Waals surface area contributed by atoms with Crippen LogP contribution >= 0.6 is 0 Å². The Labute approximate surface area is 245 Å². The molecule has 1 atom stereocenters. The van der Waals surface area contributed by atoms with Gasteiger partial charge in [0.25, 0.3) is 5.60 Å². The van der Waals surface area contributed by atoms with E-state index in [4.69, 9.17) is 14.2 Å². The predicted molar refractivity (Wildman–Crippen MR) is 142 cm³/mol. The lowest BCUT2D eigenvalue weighted by molar-refractivity contribution is -0.400. The van der Waals surface area contributed by atoms with Crippen LogP contribution in [0.25, 0.3) is 0 Å². The van der Waals surface area contributed by atoms with Gasteiger partial charge in [-0.3, -0.25) is 0 Å². The van der Waals surface area contributed by atoms with Crippen molar-refractivity contribution in [3.05, 3.63) is 53.1 Å². The Kier molecular flexibility index (Phi) is 9.60. The van der Waals surface area contributed by atoms with Crippen molar-refractivity contribution in [2.45, 2.75) is 63.0 Å². The number of hydrogen-bond donors (Lipinski definition) is 1. The lowest BCUT2D eigenvalue weighted by Crippen LogP contribution is -2.56. The number of halogens is 6. The molecule has 1 N–H and O–H groups in total. The van der Waals surface area contributed by atoms with Crippen molar-refractivity contribution in [1.82, 2.24) is 10.2 Å². The van der Waals surface area contributed by atoms with Gasteiger partial charge in [0.2, 0.25) is 6.79 Å². The topological polar surface area (TPSA) is 78.5 Å². The average molecular weight is 621 g/mol. The van der Waals surface area contributed by atoms with E-state index in [-0.39, 0.29) is 37.2 Å². The van der Waals surface area contributed by atoms with Crippen LogP contribution in [0.2, 0.25) is 0 Å². The Morgan fingerprint density at radius 3 is 2.40 bits per heavy atom. The van der Waals surface area contributed by atoms with Crippen molar-refractivity contribution in [3.63, 3.8) is 0 Å². The minimum atomic E-state index is -5.81. The number of nitrogens with one attached hydrogen (secondary N) is 1. The Hall–Kier alpha value is -3.39. The summed E-state index contributed by atoms with van der Waals surface area (Å²) in [5.74, 6) is 1.44. The third-order valence-corrected chi connectivity index (χ3v) is 7.44. The van der Waals surface area contributed by atoms with Crippen molar-refractivity contribution in [2.24, 2.45) is 0 Å². The summed E-state index contributed by atoms with van der Waals surface area (Å²) >= 11 is 0. The van der Waals surface area contributed by atoms with Crippen LogP contribution in [0.3, 0.4) is 0 Å². The van der Waals surface area contributed by atoms with E-state index in [1.807, 2.05) is 19.1 Å². The number of ether oxygens (including phenoxy) is 5. The van der Waals surface area contributed by atoms with Gasteiger partial charge in [0.1, 0.15) is 12.5 Å². The third kappa shape index (κ3) is 6.59. The second-order valence-electron chi connectivity index (χ2n) is 10.6. The van der Waals surface area contributed by atoms with Crippen LogP contribution in [0.15, 0.2) is 36.4 Å². The van der Waals surface area contributed by atoms with Gasteiger partial charge in [0.15, 0.2) is 11.5 Å². The molecule has 0 saturated carbocycles.